The molecule has 128 valence electrons. The molecule has 1 fully saturated rings. The van der Waals surface area contributed by atoms with E-state index in [9.17, 15) is 4.79 Å². The van der Waals surface area contributed by atoms with Crippen molar-refractivity contribution in [2.45, 2.75) is 18.9 Å². The van der Waals surface area contributed by atoms with Crippen LogP contribution in [-0.4, -0.2) is 37.1 Å². The predicted octanol–water partition coefficient (Wildman–Crippen LogP) is 0.887. The zero-order valence-corrected chi connectivity index (χ0v) is 13.9. The monoisotopic (exact) mass is 329 g/mol. The second-order valence-electron chi connectivity index (χ2n) is 5.30. The first kappa shape index (κ1) is 17.8. The van der Waals surface area contributed by atoms with Crippen LogP contribution in [0.1, 0.15) is 23.3 Å². The zero-order chi connectivity index (χ0) is 17.2. The Morgan fingerprint density at radius 3 is 2.75 bits per heavy atom. The largest absolute Gasteiger partial charge is 0.333 e. The molecule has 0 aromatic carbocycles. The van der Waals surface area contributed by atoms with E-state index >= 15 is 0 Å². The molecule has 2 aromatic rings. The van der Waals surface area contributed by atoms with E-state index in [4.69, 9.17) is 0 Å². The Morgan fingerprint density at radius 1 is 1.25 bits per heavy atom. The molecule has 3 rings (SSSR count). The molecule has 0 saturated carbocycles. The number of hydrogen-bond acceptors (Lipinski definition) is 5. The average molecular weight is 329 g/mol. The van der Waals surface area contributed by atoms with E-state index in [0.29, 0.717) is 11.7 Å². The predicted molar refractivity (Wildman–Crippen MR) is 94.8 cm³/mol. The van der Waals surface area contributed by atoms with Gasteiger partial charge in [-0.2, -0.15) is 0 Å². The smallest absolute Gasteiger partial charge is 0.296 e. The van der Waals surface area contributed by atoms with Gasteiger partial charge in [-0.15, -0.1) is 0 Å². The summed E-state index contributed by atoms with van der Waals surface area (Å²) < 4.78 is 0. The highest BCUT2D eigenvalue weighted by Crippen LogP contribution is 2.19. The number of carbonyl (C=O) groups is 1. The van der Waals surface area contributed by atoms with Gasteiger partial charge < -0.3 is 16.4 Å². The van der Waals surface area contributed by atoms with Crippen molar-refractivity contribution in [3.05, 3.63) is 48.4 Å². The van der Waals surface area contributed by atoms with Gasteiger partial charge in [-0.05, 0) is 44.4 Å². The van der Waals surface area contributed by atoms with Gasteiger partial charge in [-0.1, -0.05) is 6.07 Å². The Bertz CT molecular complexity index is 628. The van der Waals surface area contributed by atoms with Crippen molar-refractivity contribution in [1.29, 1.82) is 0 Å². The van der Waals surface area contributed by atoms with Crippen LogP contribution in [0.15, 0.2) is 42.7 Å². The first-order chi connectivity index (χ1) is 11.8. The highest BCUT2D eigenvalue weighted by atomic mass is 16.1. The first-order valence-corrected chi connectivity index (χ1v) is 8.11. The molecule has 7 nitrogen and oxygen atoms in total. The van der Waals surface area contributed by atoms with E-state index in [1.807, 2.05) is 18.3 Å². The Labute approximate surface area is 142 Å². The van der Waals surface area contributed by atoms with Gasteiger partial charge in [0.1, 0.15) is 11.4 Å². The highest BCUT2D eigenvalue weighted by molar-refractivity contribution is 6.04. The van der Waals surface area contributed by atoms with Crippen molar-refractivity contribution in [2.24, 2.45) is 5.73 Å². The summed E-state index contributed by atoms with van der Waals surface area (Å²) in [6.07, 6.45) is 5.59. The van der Waals surface area contributed by atoms with Crippen LogP contribution in [0.25, 0.3) is 0 Å². The molecule has 0 unspecified atom stereocenters. The molecule has 1 aliphatic rings. The fourth-order valence-electron chi connectivity index (χ4n) is 2.51. The summed E-state index contributed by atoms with van der Waals surface area (Å²) >= 11 is 0. The SMILES string of the molecule is CN.O=C(Nc1ccc[nH+]c1NC1CCNCC1)c1ccccn1. The number of piperidine rings is 1. The third-order valence-electron chi connectivity index (χ3n) is 3.69. The zero-order valence-electron chi connectivity index (χ0n) is 13.9. The molecular weight excluding hydrogens is 304 g/mol. The summed E-state index contributed by atoms with van der Waals surface area (Å²) in [5, 5.41) is 9.72. The van der Waals surface area contributed by atoms with Crippen LogP contribution in [0.4, 0.5) is 11.5 Å². The normalized spacial score (nSPS) is 14.2. The van der Waals surface area contributed by atoms with Crippen LogP contribution in [-0.2, 0) is 0 Å². The Morgan fingerprint density at radius 2 is 2.04 bits per heavy atom. The van der Waals surface area contributed by atoms with E-state index in [1.54, 1.807) is 24.4 Å². The van der Waals surface area contributed by atoms with Crippen molar-refractivity contribution < 1.29 is 9.78 Å². The molecule has 1 saturated heterocycles. The van der Waals surface area contributed by atoms with Gasteiger partial charge in [0.05, 0.1) is 12.2 Å². The van der Waals surface area contributed by atoms with E-state index in [1.165, 1.54) is 7.05 Å². The molecule has 24 heavy (non-hydrogen) atoms. The summed E-state index contributed by atoms with van der Waals surface area (Å²) in [4.78, 5) is 19.5. The van der Waals surface area contributed by atoms with Crippen LogP contribution in [0.2, 0.25) is 0 Å². The molecule has 1 amide bonds. The molecule has 6 N–H and O–H groups in total. The number of aromatic amines is 1. The van der Waals surface area contributed by atoms with Gasteiger partial charge in [0.2, 0.25) is 0 Å². The van der Waals surface area contributed by atoms with Crippen LogP contribution in [0.3, 0.4) is 0 Å². The second kappa shape index (κ2) is 9.59. The van der Waals surface area contributed by atoms with Gasteiger partial charge in [-0.3, -0.25) is 15.1 Å². The van der Waals surface area contributed by atoms with E-state index in [0.717, 1.165) is 37.4 Å². The molecule has 0 bridgehead atoms. The fraction of sp³-hybridized carbons (Fsp3) is 0.353. The third-order valence-corrected chi connectivity index (χ3v) is 3.69. The maximum Gasteiger partial charge on any atom is 0.296 e. The molecule has 7 heteroatoms. The minimum absolute atomic E-state index is 0.214. The van der Waals surface area contributed by atoms with Crippen molar-refractivity contribution in [3.8, 4) is 0 Å². The molecule has 0 spiro atoms. The number of aromatic nitrogens is 2. The van der Waals surface area contributed by atoms with Crippen molar-refractivity contribution in [2.75, 3.05) is 30.8 Å². The highest BCUT2D eigenvalue weighted by Gasteiger charge is 2.21. The molecule has 1 aliphatic heterocycles. The van der Waals surface area contributed by atoms with Crippen molar-refractivity contribution in [1.82, 2.24) is 10.3 Å². The van der Waals surface area contributed by atoms with E-state index in [-0.39, 0.29) is 5.91 Å². The molecule has 3 heterocycles. The van der Waals surface area contributed by atoms with Crippen molar-refractivity contribution >= 4 is 17.4 Å². The number of nitrogens with one attached hydrogen (secondary N) is 4. The standard InChI is InChI=1S/C16H19N5O.CH5N/c22-16(14-4-1-2-8-18-14)21-13-5-3-9-19-15(13)20-12-6-10-17-11-7-12;1-2/h1-5,8-9,12,17H,6-7,10-11H2,(H,19,20)(H,21,22);2H2,1H3/p+1. The number of anilines is 2. The number of amides is 1. The minimum Gasteiger partial charge on any atom is -0.333 e. The van der Waals surface area contributed by atoms with Gasteiger partial charge >= 0.3 is 0 Å². The summed E-state index contributed by atoms with van der Waals surface area (Å²) in [5.41, 5.74) is 5.64. The third kappa shape index (κ3) is 5.00. The summed E-state index contributed by atoms with van der Waals surface area (Å²) in [7, 11) is 1.50. The van der Waals surface area contributed by atoms with Gasteiger partial charge in [0.25, 0.3) is 11.7 Å². The minimum atomic E-state index is -0.214. The van der Waals surface area contributed by atoms with Crippen LogP contribution in [0, 0.1) is 0 Å². The topological polar surface area (TPSA) is 106 Å². The maximum atomic E-state index is 12.2. The molecule has 2 aromatic heterocycles. The molecule has 0 radical (unpaired) electrons. The Hall–Kier alpha value is -2.51. The maximum absolute atomic E-state index is 12.2. The van der Waals surface area contributed by atoms with Crippen LogP contribution < -0.4 is 26.7 Å². The fourth-order valence-corrected chi connectivity index (χ4v) is 2.51. The number of nitrogens with two attached hydrogens (primary N) is 1. The lowest BCUT2D eigenvalue weighted by atomic mass is 10.1. The van der Waals surface area contributed by atoms with Crippen molar-refractivity contribution in [3.63, 3.8) is 0 Å². The lowest BCUT2D eigenvalue weighted by molar-refractivity contribution is -0.360. The van der Waals surface area contributed by atoms with E-state index < -0.39 is 0 Å². The number of pyridine rings is 2. The lowest BCUT2D eigenvalue weighted by Crippen LogP contribution is -2.37. The van der Waals surface area contributed by atoms with E-state index in [2.05, 4.69) is 31.7 Å². The Balaban J connectivity index is 0.00000100. The summed E-state index contributed by atoms with van der Waals surface area (Å²) in [6.45, 7) is 2.03. The number of nitrogens with zero attached hydrogens (tertiary/aromatic N) is 1. The van der Waals surface area contributed by atoms with Gasteiger partial charge in [0.15, 0.2) is 0 Å². The number of H-pyrrole nitrogens is 1. The molecule has 0 atom stereocenters. The molecule has 0 aliphatic carbocycles. The van der Waals surface area contributed by atoms with Gasteiger partial charge in [-0.25, -0.2) is 4.98 Å². The molecular formula is C17H25N6O+. The van der Waals surface area contributed by atoms with Crippen LogP contribution >= 0.6 is 0 Å². The van der Waals surface area contributed by atoms with Crippen LogP contribution in [0.5, 0.6) is 0 Å². The van der Waals surface area contributed by atoms with Gasteiger partial charge in [0, 0.05) is 19.0 Å². The summed E-state index contributed by atoms with van der Waals surface area (Å²) in [6, 6.07) is 9.43. The average Bonchev–Trinajstić information content (AvgIpc) is 2.66. The second-order valence-corrected chi connectivity index (χ2v) is 5.30. The quantitative estimate of drug-likeness (QED) is 0.666. The first-order valence-electron chi connectivity index (χ1n) is 8.11. The number of hydrogen-bond donors (Lipinski definition) is 4. The number of rotatable bonds is 4. The Kier molecular flexibility index (Phi) is 7.13. The number of carbonyl (C=O) groups excluding carboxylic acids is 1. The lowest BCUT2D eigenvalue weighted by Gasteiger charge is -2.20. The summed E-state index contributed by atoms with van der Waals surface area (Å²) in [5.74, 6) is 0.618.